The summed E-state index contributed by atoms with van der Waals surface area (Å²) in [6, 6.07) is 7.10. The fourth-order valence-electron chi connectivity index (χ4n) is 3.06. The lowest BCUT2D eigenvalue weighted by molar-refractivity contribution is 0.0697. The molecule has 0 atom stereocenters. The van der Waals surface area contributed by atoms with Crippen molar-refractivity contribution in [2.45, 2.75) is 38.6 Å². The van der Waals surface area contributed by atoms with E-state index in [1.165, 1.54) is 12.1 Å². The minimum Gasteiger partial charge on any atom is -0.478 e. The van der Waals surface area contributed by atoms with E-state index in [0.29, 0.717) is 11.5 Å². The minimum absolute atomic E-state index is 0.0408. The van der Waals surface area contributed by atoms with Crippen LogP contribution in [0.1, 0.15) is 47.2 Å². The Balaban J connectivity index is 1.97. The second-order valence-corrected chi connectivity index (χ2v) is 6.35. The number of carboxylic acids is 1. The Kier molecular flexibility index (Phi) is 4.89. The first kappa shape index (κ1) is 17.5. The number of hydrogen-bond acceptors (Lipinski definition) is 7. The largest absolute Gasteiger partial charge is 0.478 e. The van der Waals surface area contributed by atoms with Crippen LogP contribution in [-0.2, 0) is 0 Å². The maximum absolute atomic E-state index is 11.2. The van der Waals surface area contributed by atoms with Gasteiger partial charge in [0.15, 0.2) is 11.6 Å². The van der Waals surface area contributed by atoms with Crippen LogP contribution < -0.4 is 16.4 Å². The van der Waals surface area contributed by atoms with Gasteiger partial charge in [-0.25, -0.2) is 4.79 Å². The van der Waals surface area contributed by atoms with Crippen LogP contribution in [0.25, 0.3) is 0 Å². The fourth-order valence-corrected chi connectivity index (χ4v) is 3.06. The number of carbonyl (C=O) groups is 1. The maximum Gasteiger partial charge on any atom is 0.335 e. The summed E-state index contributed by atoms with van der Waals surface area (Å²) in [5.41, 5.74) is 7.59. The standard InChI is InChI=1S/C18H20N6O2/c1-10-6-7-11(17(25)26)8-14(10)22-16-13(9-19)15(23-18(20)24-16)21-12-4-2-3-5-12/h6-8,12H,2-5H2,1H3,(H,25,26)(H4,20,21,22,23,24). The van der Waals surface area contributed by atoms with Gasteiger partial charge in [-0.3, -0.25) is 0 Å². The molecule has 0 saturated heterocycles. The average molecular weight is 352 g/mol. The molecular formula is C18H20N6O2. The van der Waals surface area contributed by atoms with Crippen LogP contribution in [0.3, 0.4) is 0 Å². The minimum atomic E-state index is -1.03. The second-order valence-electron chi connectivity index (χ2n) is 6.35. The van der Waals surface area contributed by atoms with Crippen LogP contribution >= 0.6 is 0 Å². The van der Waals surface area contributed by atoms with Crippen molar-refractivity contribution in [2.24, 2.45) is 0 Å². The van der Waals surface area contributed by atoms with Gasteiger partial charge in [-0.1, -0.05) is 18.9 Å². The van der Waals surface area contributed by atoms with Crippen LogP contribution in [0, 0.1) is 18.3 Å². The Hall–Kier alpha value is -3.34. The van der Waals surface area contributed by atoms with E-state index in [1.807, 2.05) is 6.92 Å². The van der Waals surface area contributed by atoms with Crippen molar-refractivity contribution in [1.82, 2.24) is 9.97 Å². The van der Waals surface area contributed by atoms with Gasteiger partial charge in [0.05, 0.1) is 5.56 Å². The Labute approximate surface area is 151 Å². The molecule has 1 aliphatic rings. The summed E-state index contributed by atoms with van der Waals surface area (Å²) in [5.74, 6) is -0.328. The third-order valence-corrected chi connectivity index (χ3v) is 4.47. The van der Waals surface area contributed by atoms with E-state index in [2.05, 4.69) is 26.7 Å². The van der Waals surface area contributed by atoms with Crippen molar-refractivity contribution in [3.63, 3.8) is 0 Å². The lowest BCUT2D eigenvalue weighted by Gasteiger charge is -2.17. The molecule has 8 nitrogen and oxygen atoms in total. The molecule has 1 fully saturated rings. The molecule has 0 bridgehead atoms. The van der Waals surface area contributed by atoms with Crippen molar-refractivity contribution in [2.75, 3.05) is 16.4 Å². The number of rotatable bonds is 5. The Morgan fingerprint density at radius 3 is 2.65 bits per heavy atom. The van der Waals surface area contributed by atoms with Crippen LogP contribution in [0.5, 0.6) is 0 Å². The molecule has 26 heavy (non-hydrogen) atoms. The van der Waals surface area contributed by atoms with Crippen LogP contribution in [0.15, 0.2) is 18.2 Å². The van der Waals surface area contributed by atoms with E-state index >= 15 is 0 Å². The van der Waals surface area contributed by atoms with Gasteiger partial charge >= 0.3 is 5.97 Å². The van der Waals surface area contributed by atoms with Gasteiger partial charge in [-0.15, -0.1) is 0 Å². The molecule has 1 aliphatic carbocycles. The Morgan fingerprint density at radius 2 is 2.00 bits per heavy atom. The zero-order valence-electron chi connectivity index (χ0n) is 14.4. The molecule has 134 valence electrons. The summed E-state index contributed by atoms with van der Waals surface area (Å²) in [5, 5.41) is 25.1. The summed E-state index contributed by atoms with van der Waals surface area (Å²) in [6.45, 7) is 1.84. The number of aryl methyl sites for hydroxylation is 1. The van der Waals surface area contributed by atoms with Crippen molar-refractivity contribution >= 4 is 29.2 Å². The van der Waals surface area contributed by atoms with E-state index < -0.39 is 5.97 Å². The predicted molar refractivity (Wildman–Crippen MR) is 98.5 cm³/mol. The highest BCUT2D eigenvalue weighted by molar-refractivity contribution is 5.89. The van der Waals surface area contributed by atoms with Gasteiger partial charge in [0.1, 0.15) is 11.6 Å². The molecule has 5 N–H and O–H groups in total. The monoisotopic (exact) mass is 352 g/mol. The predicted octanol–water partition coefficient (Wildman–Crippen LogP) is 3.04. The number of nitriles is 1. The smallest absolute Gasteiger partial charge is 0.335 e. The first-order chi connectivity index (χ1) is 12.5. The summed E-state index contributed by atoms with van der Waals surface area (Å²) < 4.78 is 0. The molecule has 0 spiro atoms. The second kappa shape index (κ2) is 7.27. The third-order valence-electron chi connectivity index (χ3n) is 4.47. The summed E-state index contributed by atoms with van der Waals surface area (Å²) in [6.07, 6.45) is 4.34. The number of carboxylic acid groups (broad SMARTS) is 1. The molecule has 0 aliphatic heterocycles. The summed E-state index contributed by atoms with van der Waals surface area (Å²) in [4.78, 5) is 19.5. The Morgan fingerprint density at radius 1 is 1.31 bits per heavy atom. The number of anilines is 4. The molecule has 1 aromatic heterocycles. The van der Waals surface area contributed by atoms with E-state index in [-0.39, 0.29) is 28.9 Å². The van der Waals surface area contributed by atoms with Crippen molar-refractivity contribution in [3.8, 4) is 6.07 Å². The van der Waals surface area contributed by atoms with Gasteiger partial charge < -0.3 is 21.5 Å². The molecule has 0 amide bonds. The van der Waals surface area contributed by atoms with Crippen LogP contribution in [0.2, 0.25) is 0 Å². The molecular weight excluding hydrogens is 332 g/mol. The van der Waals surface area contributed by atoms with Gasteiger partial charge in [-0.05, 0) is 37.5 Å². The number of benzene rings is 1. The van der Waals surface area contributed by atoms with E-state index in [9.17, 15) is 15.2 Å². The summed E-state index contributed by atoms with van der Waals surface area (Å²) in [7, 11) is 0. The van der Waals surface area contributed by atoms with Crippen molar-refractivity contribution < 1.29 is 9.90 Å². The number of nitrogens with two attached hydrogens (primary N) is 1. The van der Waals surface area contributed by atoms with Gasteiger partial charge in [0, 0.05) is 11.7 Å². The van der Waals surface area contributed by atoms with Gasteiger partial charge in [-0.2, -0.15) is 15.2 Å². The molecule has 0 unspecified atom stereocenters. The third kappa shape index (κ3) is 3.67. The quantitative estimate of drug-likeness (QED) is 0.644. The zero-order valence-corrected chi connectivity index (χ0v) is 14.4. The number of nitrogens with zero attached hydrogens (tertiary/aromatic N) is 3. The highest BCUT2D eigenvalue weighted by Gasteiger charge is 2.20. The number of hydrogen-bond donors (Lipinski definition) is 4. The highest BCUT2D eigenvalue weighted by Crippen LogP contribution is 2.29. The van der Waals surface area contributed by atoms with E-state index in [0.717, 1.165) is 31.2 Å². The zero-order chi connectivity index (χ0) is 18.7. The Bertz CT molecular complexity index is 884. The lowest BCUT2D eigenvalue weighted by Crippen LogP contribution is -2.18. The van der Waals surface area contributed by atoms with Crippen molar-refractivity contribution in [3.05, 3.63) is 34.9 Å². The van der Waals surface area contributed by atoms with E-state index in [4.69, 9.17) is 5.73 Å². The molecule has 1 heterocycles. The van der Waals surface area contributed by atoms with Gasteiger partial charge in [0.2, 0.25) is 5.95 Å². The number of aromatic carboxylic acids is 1. The first-order valence-corrected chi connectivity index (χ1v) is 8.43. The van der Waals surface area contributed by atoms with Crippen LogP contribution in [-0.4, -0.2) is 27.1 Å². The molecule has 1 aromatic carbocycles. The highest BCUT2D eigenvalue weighted by atomic mass is 16.4. The SMILES string of the molecule is Cc1ccc(C(=O)O)cc1Nc1nc(N)nc(NC2CCCC2)c1C#N. The van der Waals surface area contributed by atoms with E-state index in [1.54, 1.807) is 6.07 Å². The van der Waals surface area contributed by atoms with Crippen LogP contribution in [0.4, 0.5) is 23.3 Å². The molecule has 0 radical (unpaired) electrons. The topological polar surface area (TPSA) is 137 Å². The number of aromatic nitrogens is 2. The van der Waals surface area contributed by atoms with Gasteiger partial charge in [0.25, 0.3) is 0 Å². The molecule has 8 heteroatoms. The molecule has 3 rings (SSSR count). The number of nitrogens with one attached hydrogen (secondary N) is 2. The first-order valence-electron chi connectivity index (χ1n) is 8.43. The normalized spacial score (nSPS) is 14.0. The average Bonchev–Trinajstić information content (AvgIpc) is 3.09. The van der Waals surface area contributed by atoms with Crippen molar-refractivity contribution in [1.29, 1.82) is 5.26 Å². The summed E-state index contributed by atoms with van der Waals surface area (Å²) >= 11 is 0. The molecule has 2 aromatic rings. The number of nitrogen functional groups attached to an aromatic ring is 1. The maximum atomic E-state index is 11.2. The lowest BCUT2D eigenvalue weighted by atomic mass is 10.1. The fraction of sp³-hybridized carbons (Fsp3) is 0.333. The molecule has 1 saturated carbocycles.